The molecule has 0 aliphatic rings. The van der Waals surface area contributed by atoms with Gasteiger partial charge < -0.3 is 4.90 Å². The van der Waals surface area contributed by atoms with Crippen molar-refractivity contribution in [3.05, 3.63) is 56.7 Å². The van der Waals surface area contributed by atoms with Gasteiger partial charge in [0.25, 0.3) is 0 Å². The monoisotopic (exact) mass is 451 g/mol. The maximum atomic E-state index is 12.4. The van der Waals surface area contributed by atoms with E-state index in [0.29, 0.717) is 24.0 Å². The van der Waals surface area contributed by atoms with E-state index in [4.69, 9.17) is 0 Å². The Morgan fingerprint density at radius 1 is 1.31 bits per heavy atom. The molecule has 0 fully saturated rings. The smallest absolute Gasteiger partial charge is 0.233 e. The van der Waals surface area contributed by atoms with E-state index in [-0.39, 0.29) is 5.91 Å². The van der Waals surface area contributed by atoms with Gasteiger partial charge in [-0.25, -0.2) is 4.68 Å². The SMILES string of the molecule is CN(Cc1ccc(Br)cc1)C(=O)CSc1nnnn1CCc1cccs1. The number of aryl methyl sites for hydroxylation is 2. The number of aromatic nitrogens is 4. The number of hydrogen-bond acceptors (Lipinski definition) is 6. The Morgan fingerprint density at radius 2 is 2.12 bits per heavy atom. The molecule has 0 aliphatic heterocycles. The second-order valence-electron chi connectivity index (χ2n) is 5.68. The summed E-state index contributed by atoms with van der Waals surface area (Å²) in [7, 11) is 1.81. The number of thioether (sulfide) groups is 1. The summed E-state index contributed by atoms with van der Waals surface area (Å²) in [5.41, 5.74) is 1.09. The normalized spacial score (nSPS) is 10.8. The van der Waals surface area contributed by atoms with Crippen molar-refractivity contribution in [1.29, 1.82) is 0 Å². The third-order valence-corrected chi connectivity index (χ3v) is 6.14. The van der Waals surface area contributed by atoms with Crippen molar-refractivity contribution < 1.29 is 4.79 Å². The second kappa shape index (κ2) is 9.29. The zero-order chi connectivity index (χ0) is 18.4. The van der Waals surface area contributed by atoms with Gasteiger partial charge in [0.05, 0.1) is 12.3 Å². The number of thiophene rings is 1. The fourth-order valence-electron chi connectivity index (χ4n) is 2.30. The zero-order valence-corrected chi connectivity index (χ0v) is 17.4. The molecule has 0 saturated carbocycles. The fourth-order valence-corrected chi connectivity index (χ4v) is 4.11. The number of hydrogen-bond donors (Lipinski definition) is 0. The van der Waals surface area contributed by atoms with Gasteiger partial charge in [0.1, 0.15) is 0 Å². The number of benzene rings is 1. The van der Waals surface area contributed by atoms with E-state index in [9.17, 15) is 4.79 Å². The van der Waals surface area contributed by atoms with Gasteiger partial charge in [0.2, 0.25) is 11.1 Å². The first-order valence-corrected chi connectivity index (χ1v) is 10.7. The second-order valence-corrected chi connectivity index (χ2v) is 8.57. The predicted molar refractivity (Wildman–Crippen MR) is 107 cm³/mol. The molecule has 1 amide bonds. The van der Waals surface area contributed by atoms with E-state index >= 15 is 0 Å². The highest BCUT2D eigenvalue weighted by Crippen LogP contribution is 2.17. The third-order valence-electron chi connectivity index (χ3n) is 3.73. The van der Waals surface area contributed by atoms with E-state index in [1.54, 1.807) is 20.9 Å². The van der Waals surface area contributed by atoms with Crippen LogP contribution in [0.3, 0.4) is 0 Å². The number of amides is 1. The lowest BCUT2D eigenvalue weighted by atomic mass is 10.2. The van der Waals surface area contributed by atoms with Crippen LogP contribution in [0.5, 0.6) is 0 Å². The van der Waals surface area contributed by atoms with Crippen LogP contribution in [0.15, 0.2) is 51.4 Å². The molecule has 0 radical (unpaired) electrons. The highest BCUT2D eigenvalue weighted by Gasteiger charge is 2.14. The molecular formula is C17H18BrN5OS2. The molecule has 0 N–H and O–H groups in total. The van der Waals surface area contributed by atoms with Crippen LogP contribution in [0.2, 0.25) is 0 Å². The Bertz CT molecular complexity index is 835. The summed E-state index contributed by atoms with van der Waals surface area (Å²) in [4.78, 5) is 15.4. The van der Waals surface area contributed by atoms with E-state index in [1.165, 1.54) is 16.6 Å². The van der Waals surface area contributed by atoms with Crippen molar-refractivity contribution in [3.63, 3.8) is 0 Å². The summed E-state index contributed by atoms with van der Waals surface area (Å²) in [6.07, 6.45) is 0.883. The average molecular weight is 452 g/mol. The third kappa shape index (κ3) is 5.39. The van der Waals surface area contributed by atoms with Crippen LogP contribution in [0.25, 0.3) is 0 Å². The molecule has 0 spiro atoms. The molecule has 0 atom stereocenters. The molecule has 136 valence electrons. The van der Waals surface area contributed by atoms with Crippen LogP contribution in [0.4, 0.5) is 0 Å². The number of carbonyl (C=O) groups is 1. The lowest BCUT2D eigenvalue weighted by Crippen LogP contribution is -2.27. The Balaban J connectivity index is 1.49. The average Bonchev–Trinajstić information content (AvgIpc) is 3.31. The molecule has 0 saturated heterocycles. The van der Waals surface area contributed by atoms with Crippen molar-refractivity contribution in [3.8, 4) is 0 Å². The number of nitrogens with zero attached hydrogens (tertiary/aromatic N) is 5. The summed E-state index contributed by atoms with van der Waals surface area (Å²) >= 11 is 6.51. The summed E-state index contributed by atoms with van der Waals surface area (Å²) < 4.78 is 2.78. The Kier molecular flexibility index (Phi) is 6.81. The minimum absolute atomic E-state index is 0.0470. The molecule has 6 nitrogen and oxygen atoms in total. The first-order valence-electron chi connectivity index (χ1n) is 8.01. The van der Waals surface area contributed by atoms with Crippen molar-refractivity contribution in [2.24, 2.45) is 0 Å². The number of tetrazole rings is 1. The highest BCUT2D eigenvalue weighted by atomic mass is 79.9. The van der Waals surface area contributed by atoms with Gasteiger partial charge in [0, 0.05) is 29.4 Å². The van der Waals surface area contributed by atoms with Gasteiger partial charge in [0.15, 0.2) is 0 Å². The van der Waals surface area contributed by atoms with Gasteiger partial charge in [-0.15, -0.1) is 16.4 Å². The Hall–Kier alpha value is -1.71. The largest absolute Gasteiger partial charge is 0.341 e. The molecule has 0 unspecified atom stereocenters. The van der Waals surface area contributed by atoms with Gasteiger partial charge >= 0.3 is 0 Å². The van der Waals surface area contributed by atoms with E-state index in [0.717, 1.165) is 16.5 Å². The van der Waals surface area contributed by atoms with Crippen LogP contribution >= 0.6 is 39.0 Å². The first kappa shape index (κ1) is 19.1. The van der Waals surface area contributed by atoms with E-state index in [2.05, 4.69) is 42.9 Å². The van der Waals surface area contributed by atoms with Crippen LogP contribution in [0.1, 0.15) is 10.4 Å². The molecule has 3 aromatic rings. The topological polar surface area (TPSA) is 63.9 Å². The van der Waals surface area contributed by atoms with Gasteiger partial charge in [-0.3, -0.25) is 4.79 Å². The first-order chi connectivity index (χ1) is 12.6. The Morgan fingerprint density at radius 3 is 2.85 bits per heavy atom. The molecule has 0 bridgehead atoms. The molecule has 2 aromatic heterocycles. The summed E-state index contributed by atoms with van der Waals surface area (Å²) in [6.45, 7) is 1.29. The number of halogens is 1. The van der Waals surface area contributed by atoms with Crippen molar-refractivity contribution >= 4 is 44.9 Å². The lowest BCUT2D eigenvalue weighted by molar-refractivity contribution is -0.127. The maximum absolute atomic E-state index is 12.4. The lowest BCUT2D eigenvalue weighted by Gasteiger charge is -2.17. The van der Waals surface area contributed by atoms with Gasteiger partial charge in [-0.05, 0) is 39.6 Å². The predicted octanol–water partition coefficient (Wildman–Crippen LogP) is 3.49. The fraction of sp³-hybridized carbons (Fsp3) is 0.294. The maximum Gasteiger partial charge on any atom is 0.233 e. The molecular weight excluding hydrogens is 434 g/mol. The molecule has 1 aromatic carbocycles. The number of carbonyl (C=O) groups excluding carboxylic acids is 1. The Labute approximate surface area is 168 Å². The van der Waals surface area contributed by atoms with Crippen LogP contribution in [0, 0.1) is 0 Å². The highest BCUT2D eigenvalue weighted by molar-refractivity contribution is 9.10. The molecule has 26 heavy (non-hydrogen) atoms. The molecule has 3 rings (SSSR count). The summed E-state index contributed by atoms with van der Waals surface area (Å²) in [5.74, 6) is 0.359. The molecule has 0 aliphatic carbocycles. The van der Waals surface area contributed by atoms with Gasteiger partial charge in [-0.1, -0.05) is 45.9 Å². The van der Waals surface area contributed by atoms with Gasteiger partial charge in [-0.2, -0.15) is 0 Å². The zero-order valence-electron chi connectivity index (χ0n) is 14.2. The van der Waals surface area contributed by atoms with Crippen molar-refractivity contribution in [1.82, 2.24) is 25.1 Å². The van der Waals surface area contributed by atoms with Crippen LogP contribution < -0.4 is 0 Å². The minimum Gasteiger partial charge on any atom is -0.341 e. The molecule has 2 heterocycles. The van der Waals surface area contributed by atoms with E-state index < -0.39 is 0 Å². The summed E-state index contributed by atoms with van der Waals surface area (Å²) in [5, 5.41) is 14.5. The summed E-state index contributed by atoms with van der Waals surface area (Å²) in [6, 6.07) is 12.1. The molecule has 9 heteroatoms. The van der Waals surface area contributed by atoms with Crippen molar-refractivity contribution in [2.45, 2.75) is 24.7 Å². The minimum atomic E-state index is 0.0470. The van der Waals surface area contributed by atoms with Crippen molar-refractivity contribution in [2.75, 3.05) is 12.8 Å². The quantitative estimate of drug-likeness (QED) is 0.490. The standard InChI is InChI=1S/C17H18BrN5OS2/c1-22(11-13-4-6-14(18)7-5-13)16(24)12-26-17-19-20-21-23(17)9-8-15-3-2-10-25-15/h2-7,10H,8-9,11-12H2,1H3. The van der Waals surface area contributed by atoms with Crippen LogP contribution in [-0.2, 0) is 24.3 Å². The van der Waals surface area contributed by atoms with Crippen LogP contribution in [-0.4, -0.2) is 43.8 Å². The van der Waals surface area contributed by atoms with E-state index in [1.807, 2.05) is 37.4 Å². The number of rotatable bonds is 8.